The van der Waals surface area contributed by atoms with E-state index in [1.54, 1.807) is 0 Å². The first-order chi connectivity index (χ1) is 6.68. The highest BCUT2D eigenvalue weighted by Gasteiger charge is 2.19. The normalized spacial score (nSPS) is 15.9. The molecular weight excluding hydrogens is 178 g/mol. The lowest BCUT2D eigenvalue weighted by Crippen LogP contribution is -2.27. The van der Waals surface area contributed by atoms with Crippen molar-refractivity contribution in [1.29, 1.82) is 0 Å². The van der Waals surface area contributed by atoms with Crippen LogP contribution >= 0.6 is 0 Å². The zero-order chi connectivity index (χ0) is 10.1. The first-order valence-electron chi connectivity index (χ1n) is 4.65. The second kappa shape index (κ2) is 3.29. The van der Waals surface area contributed by atoms with Gasteiger partial charge in [-0.25, -0.2) is 4.98 Å². The first kappa shape index (κ1) is 8.99. The van der Waals surface area contributed by atoms with Gasteiger partial charge in [-0.15, -0.1) is 0 Å². The van der Waals surface area contributed by atoms with Crippen LogP contribution in [0.15, 0.2) is 12.1 Å². The number of anilines is 1. The van der Waals surface area contributed by atoms with Crippen LogP contribution in [0.3, 0.4) is 0 Å². The SMILES string of the molecule is Cc1ccc2c(n1)N(C)CCNC2=O. The lowest BCUT2D eigenvalue weighted by Gasteiger charge is -2.16. The van der Waals surface area contributed by atoms with Gasteiger partial charge in [0.1, 0.15) is 5.82 Å². The van der Waals surface area contributed by atoms with Crippen molar-refractivity contribution in [3.05, 3.63) is 23.4 Å². The number of nitrogens with one attached hydrogen (secondary N) is 1. The fourth-order valence-corrected chi connectivity index (χ4v) is 1.55. The lowest BCUT2D eigenvalue weighted by atomic mass is 10.2. The molecule has 2 heterocycles. The van der Waals surface area contributed by atoms with Gasteiger partial charge in [-0.2, -0.15) is 0 Å². The minimum absolute atomic E-state index is 0.0307. The fourth-order valence-electron chi connectivity index (χ4n) is 1.55. The van der Waals surface area contributed by atoms with Gasteiger partial charge in [-0.1, -0.05) is 0 Å². The van der Waals surface area contributed by atoms with Gasteiger partial charge in [0, 0.05) is 25.8 Å². The van der Waals surface area contributed by atoms with E-state index in [1.807, 2.05) is 31.0 Å². The van der Waals surface area contributed by atoms with Gasteiger partial charge in [0.25, 0.3) is 5.91 Å². The van der Waals surface area contributed by atoms with Gasteiger partial charge in [0.2, 0.25) is 0 Å². The number of carbonyl (C=O) groups excluding carboxylic acids is 1. The van der Waals surface area contributed by atoms with Crippen molar-refractivity contribution in [1.82, 2.24) is 10.3 Å². The third-order valence-electron chi connectivity index (χ3n) is 2.35. The highest BCUT2D eigenvalue weighted by Crippen LogP contribution is 2.18. The Hall–Kier alpha value is -1.58. The summed E-state index contributed by atoms with van der Waals surface area (Å²) in [6.45, 7) is 3.40. The van der Waals surface area contributed by atoms with E-state index < -0.39 is 0 Å². The molecule has 1 aromatic rings. The first-order valence-corrected chi connectivity index (χ1v) is 4.65. The Bertz CT molecular complexity index is 376. The Labute approximate surface area is 82.9 Å². The van der Waals surface area contributed by atoms with Gasteiger partial charge in [-0.05, 0) is 19.1 Å². The number of amides is 1. The summed E-state index contributed by atoms with van der Waals surface area (Å²) in [5.41, 5.74) is 1.60. The van der Waals surface area contributed by atoms with E-state index >= 15 is 0 Å². The quantitative estimate of drug-likeness (QED) is 0.652. The number of aromatic nitrogens is 1. The number of rotatable bonds is 0. The summed E-state index contributed by atoms with van der Waals surface area (Å²) in [7, 11) is 1.95. The minimum Gasteiger partial charge on any atom is -0.357 e. The van der Waals surface area contributed by atoms with Crippen molar-refractivity contribution in [2.24, 2.45) is 0 Å². The molecule has 1 aliphatic rings. The Morgan fingerprint density at radius 3 is 3.07 bits per heavy atom. The molecule has 1 amide bonds. The molecule has 74 valence electrons. The maximum Gasteiger partial charge on any atom is 0.255 e. The minimum atomic E-state index is -0.0307. The molecular formula is C10H13N3O. The summed E-state index contributed by atoms with van der Waals surface area (Å²) in [6.07, 6.45) is 0. The van der Waals surface area contributed by atoms with Crippen LogP contribution in [-0.4, -0.2) is 31.0 Å². The summed E-state index contributed by atoms with van der Waals surface area (Å²) in [5, 5.41) is 2.83. The highest BCUT2D eigenvalue weighted by atomic mass is 16.1. The summed E-state index contributed by atoms with van der Waals surface area (Å²) in [6, 6.07) is 3.69. The van der Waals surface area contributed by atoms with E-state index in [2.05, 4.69) is 10.3 Å². The molecule has 0 fully saturated rings. The Kier molecular flexibility index (Phi) is 2.11. The largest absolute Gasteiger partial charge is 0.357 e. The Balaban J connectivity index is 2.54. The maximum absolute atomic E-state index is 11.6. The number of hydrogen-bond donors (Lipinski definition) is 1. The molecule has 4 heteroatoms. The van der Waals surface area contributed by atoms with E-state index in [4.69, 9.17) is 0 Å². The van der Waals surface area contributed by atoms with Gasteiger partial charge < -0.3 is 10.2 Å². The van der Waals surface area contributed by atoms with Gasteiger partial charge >= 0.3 is 0 Å². The fraction of sp³-hybridized carbons (Fsp3) is 0.400. The average molecular weight is 191 g/mol. The molecule has 0 aliphatic carbocycles. The molecule has 14 heavy (non-hydrogen) atoms. The van der Waals surface area contributed by atoms with Crippen LogP contribution in [0.5, 0.6) is 0 Å². The zero-order valence-corrected chi connectivity index (χ0v) is 8.37. The molecule has 1 aromatic heterocycles. The van der Waals surface area contributed by atoms with Gasteiger partial charge in [0.05, 0.1) is 5.56 Å². The molecule has 0 radical (unpaired) electrons. The number of hydrogen-bond acceptors (Lipinski definition) is 3. The van der Waals surface area contributed by atoms with E-state index in [-0.39, 0.29) is 5.91 Å². The number of fused-ring (bicyclic) bond motifs is 1. The Morgan fingerprint density at radius 1 is 1.50 bits per heavy atom. The van der Waals surface area contributed by atoms with Crippen LogP contribution in [0.1, 0.15) is 16.1 Å². The molecule has 1 aliphatic heterocycles. The number of nitrogens with zero attached hydrogens (tertiary/aromatic N) is 2. The zero-order valence-electron chi connectivity index (χ0n) is 8.37. The maximum atomic E-state index is 11.6. The average Bonchev–Trinajstić information content (AvgIpc) is 2.28. The summed E-state index contributed by atoms with van der Waals surface area (Å²) >= 11 is 0. The van der Waals surface area contributed by atoms with Crippen LogP contribution in [0.25, 0.3) is 0 Å². The molecule has 4 nitrogen and oxygen atoms in total. The van der Waals surface area contributed by atoms with Crippen molar-refractivity contribution in [2.75, 3.05) is 25.0 Å². The van der Waals surface area contributed by atoms with Crippen LogP contribution in [0.4, 0.5) is 5.82 Å². The van der Waals surface area contributed by atoms with Crippen molar-refractivity contribution in [3.63, 3.8) is 0 Å². The topological polar surface area (TPSA) is 45.2 Å². The van der Waals surface area contributed by atoms with Crippen LogP contribution in [-0.2, 0) is 0 Å². The number of carbonyl (C=O) groups is 1. The van der Waals surface area contributed by atoms with Crippen molar-refractivity contribution < 1.29 is 4.79 Å². The standard InChI is InChI=1S/C10H13N3O/c1-7-3-4-8-9(12-7)13(2)6-5-11-10(8)14/h3-4H,5-6H2,1-2H3,(H,11,14). The second-order valence-corrected chi connectivity index (χ2v) is 3.50. The van der Waals surface area contributed by atoms with Crippen molar-refractivity contribution in [2.45, 2.75) is 6.92 Å². The van der Waals surface area contributed by atoms with Crippen LogP contribution < -0.4 is 10.2 Å². The molecule has 0 saturated heterocycles. The molecule has 0 unspecified atom stereocenters. The third kappa shape index (κ3) is 1.43. The second-order valence-electron chi connectivity index (χ2n) is 3.50. The molecule has 0 aromatic carbocycles. The lowest BCUT2D eigenvalue weighted by molar-refractivity contribution is 0.0958. The molecule has 0 saturated carbocycles. The van der Waals surface area contributed by atoms with E-state index in [0.717, 1.165) is 18.1 Å². The van der Waals surface area contributed by atoms with Crippen molar-refractivity contribution >= 4 is 11.7 Å². The molecule has 2 rings (SSSR count). The summed E-state index contributed by atoms with van der Waals surface area (Å²) in [5.74, 6) is 0.747. The predicted molar refractivity (Wildman–Crippen MR) is 54.6 cm³/mol. The highest BCUT2D eigenvalue weighted by molar-refractivity contribution is 5.99. The number of pyridine rings is 1. The number of likely N-dealkylation sites (N-methyl/N-ethyl adjacent to an activating group) is 1. The van der Waals surface area contributed by atoms with Crippen LogP contribution in [0, 0.1) is 6.92 Å². The van der Waals surface area contributed by atoms with E-state index in [1.165, 1.54) is 0 Å². The van der Waals surface area contributed by atoms with Gasteiger partial charge in [-0.3, -0.25) is 4.79 Å². The van der Waals surface area contributed by atoms with Crippen LogP contribution in [0.2, 0.25) is 0 Å². The summed E-state index contributed by atoms with van der Waals surface area (Å²) < 4.78 is 0. The smallest absolute Gasteiger partial charge is 0.255 e. The molecule has 1 N–H and O–H groups in total. The molecule has 0 spiro atoms. The number of aryl methyl sites for hydroxylation is 1. The van der Waals surface area contributed by atoms with E-state index in [0.29, 0.717) is 12.1 Å². The predicted octanol–water partition coefficient (Wildman–Crippen LogP) is 0.570. The third-order valence-corrected chi connectivity index (χ3v) is 2.35. The van der Waals surface area contributed by atoms with Crippen molar-refractivity contribution in [3.8, 4) is 0 Å². The summed E-state index contributed by atoms with van der Waals surface area (Å²) in [4.78, 5) is 18.0. The van der Waals surface area contributed by atoms with E-state index in [9.17, 15) is 4.79 Å². The Morgan fingerprint density at radius 2 is 2.29 bits per heavy atom. The monoisotopic (exact) mass is 191 g/mol. The molecule has 0 bridgehead atoms. The molecule has 0 atom stereocenters. The van der Waals surface area contributed by atoms with Gasteiger partial charge in [0.15, 0.2) is 0 Å².